The van der Waals surface area contributed by atoms with E-state index in [9.17, 15) is 9.59 Å². The van der Waals surface area contributed by atoms with Crippen LogP contribution in [0.1, 0.15) is 55.2 Å². The van der Waals surface area contributed by atoms with Crippen molar-refractivity contribution in [2.45, 2.75) is 45.8 Å². The van der Waals surface area contributed by atoms with Crippen LogP contribution >= 0.6 is 22.7 Å². The molecule has 1 aliphatic heterocycles. The fourth-order valence-corrected chi connectivity index (χ4v) is 6.26. The van der Waals surface area contributed by atoms with E-state index in [-0.39, 0.29) is 12.2 Å². The zero-order chi connectivity index (χ0) is 27.2. The highest BCUT2D eigenvalue weighted by Gasteiger charge is 2.33. The van der Waals surface area contributed by atoms with Gasteiger partial charge in [0.15, 0.2) is 4.80 Å². The number of unbranched alkanes of at least 4 members (excludes halogenated alkanes) is 2. The molecule has 0 bridgehead atoms. The largest absolute Gasteiger partial charge is 0.494 e. The van der Waals surface area contributed by atoms with Crippen molar-refractivity contribution in [3.05, 3.63) is 119 Å². The maximum Gasteiger partial charge on any atom is 0.338 e. The SMILES string of the molecule is CCCCCOc1ccc(C2C(C(=O)OCc3ccccc3)=C(C)N=c3sc(=Cc4cccs4)c(=O)n32)cc1. The molecule has 0 fully saturated rings. The van der Waals surface area contributed by atoms with Gasteiger partial charge in [0, 0.05) is 4.88 Å². The van der Waals surface area contributed by atoms with Gasteiger partial charge in [-0.3, -0.25) is 9.36 Å². The summed E-state index contributed by atoms with van der Waals surface area (Å²) in [6.07, 6.45) is 5.13. The Morgan fingerprint density at radius 2 is 1.85 bits per heavy atom. The summed E-state index contributed by atoms with van der Waals surface area (Å²) in [5.74, 6) is 0.270. The molecule has 8 heteroatoms. The summed E-state index contributed by atoms with van der Waals surface area (Å²) >= 11 is 2.89. The fourth-order valence-electron chi connectivity index (χ4n) is 4.49. The minimum absolute atomic E-state index is 0.135. The lowest BCUT2D eigenvalue weighted by molar-refractivity contribution is -0.140. The van der Waals surface area contributed by atoms with Crippen molar-refractivity contribution in [3.63, 3.8) is 0 Å². The number of fused-ring (bicyclic) bond motifs is 1. The predicted octanol–water partition coefficient (Wildman–Crippen LogP) is 5.61. The highest BCUT2D eigenvalue weighted by atomic mass is 32.1. The molecule has 6 nitrogen and oxygen atoms in total. The Morgan fingerprint density at radius 1 is 1.05 bits per heavy atom. The van der Waals surface area contributed by atoms with Crippen LogP contribution in [0.4, 0.5) is 0 Å². The average molecular weight is 559 g/mol. The van der Waals surface area contributed by atoms with E-state index in [0.717, 1.165) is 41.0 Å². The molecule has 1 atom stereocenters. The number of benzene rings is 2. The number of aromatic nitrogens is 1. The summed E-state index contributed by atoms with van der Waals surface area (Å²) < 4.78 is 13.8. The lowest BCUT2D eigenvalue weighted by Gasteiger charge is -2.25. The number of allylic oxidation sites excluding steroid dienone is 1. The first-order valence-corrected chi connectivity index (χ1v) is 14.7. The molecular formula is C31H30N2O4S2. The Labute approximate surface area is 235 Å². The van der Waals surface area contributed by atoms with E-state index in [1.54, 1.807) is 22.8 Å². The molecule has 0 N–H and O–H groups in total. The number of ether oxygens (including phenoxy) is 2. The molecular weight excluding hydrogens is 528 g/mol. The smallest absolute Gasteiger partial charge is 0.338 e. The van der Waals surface area contributed by atoms with Crippen LogP contribution in [0.2, 0.25) is 0 Å². The first kappa shape index (κ1) is 26.8. The third-order valence-electron chi connectivity index (χ3n) is 6.48. The van der Waals surface area contributed by atoms with Crippen LogP contribution in [-0.4, -0.2) is 17.1 Å². The maximum atomic E-state index is 13.7. The molecule has 5 rings (SSSR count). The third-order valence-corrected chi connectivity index (χ3v) is 8.29. The number of carbonyl (C=O) groups is 1. The first-order chi connectivity index (χ1) is 19.0. The van der Waals surface area contributed by atoms with Crippen molar-refractivity contribution in [2.24, 2.45) is 4.99 Å². The molecule has 0 radical (unpaired) electrons. The second kappa shape index (κ2) is 12.4. The molecule has 0 aliphatic carbocycles. The molecule has 0 spiro atoms. The molecule has 200 valence electrons. The molecule has 0 amide bonds. The summed E-state index contributed by atoms with van der Waals surface area (Å²) in [6, 6.07) is 20.4. The van der Waals surface area contributed by atoms with E-state index in [4.69, 9.17) is 9.47 Å². The van der Waals surface area contributed by atoms with Gasteiger partial charge in [0.05, 0.1) is 28.5 Å². The Morgan fingerprint density at radius 3 is 2.56 bits per heavy atom. The van der Waals surface area contributed by atoms with Crippen LogP contribution < -0.4 is 19.6 Å². The Hall–Kier alpha value is -3.75. The second-order valence-corrected chi connectivity index (χ2v) is 11.3. The van der Waals surface area contributed by atoms with Crippen LogP contribution in [0, 0.1) is 0 Å². The zero-order valence-electron chi connectivity index (χ0n) is 22.0. The van der Waals surface area contributed by atoms with Crippen molar-refractivity contribution in [1.82, 2.24) is 4.57 Å². The molecule has 1 unspecified atom stereocenters. The van der Waals surface area contributed by atoms with Gasteiger partial charge in [0.2, 0.25) is 0 Å². The number of thiophene rings is 1. The summed E-state index contributed by atoms with van der Waals surface area (Å²) in [5.41, 5.74) is 2.40. The van der Waals surface area contributed by atoms with E-state index in [0.29, 0.717) is 27.2 Å². The highest BCUT2D eigenvalue weighted by molar-refractivity contribution is 7.11. The molecule has 3 heterocycles. The van der Waals surface area contributed by atoms with Gasteiger partial charge in [0.1, 0.15) is 12.4 Å². The van der Waals surface area contributed by atoms with E-state index >= 15 is 0 Å². The molecule has 0 saturated heterocycles. The molecule has 2 aromatic carbocycles. The number of carbonyl (C=O) groups excluding carboxylic acids is 1. The lowest BCUT2D eigenvalue weighted by Crippen LogP contribution is -2.39. The number of rotatable bonds is 10. The van der Waals surface area contributed by atoms with Crippen molar-refractivity contribution < 1.29 is 14.3 Å². The second-order valence-electron chi connectivity index (χ2n) is 9.28. The van der Waals surface area contributed by atoms with E-state index in [1.165, 1.54) is 11.3 Å². The standard InChI is InChI=1S/C31H30N2O4S2/c1-3-4-8-17-36-24-15-13-23(14-16-24)28-27(30(35)37-20-22-10-6-5-7-11-22)21(2)32-31-33(28)29(34)26(39-31)19-25-12-9-18-38-25/h5-7,9-16,18-19,28H,3-4,8,17,20H2,1-2H3. The van der Waals surface area contributed by atoms with Gasteiger partial charge in [-0.25, -0.2) is 9.79 Å². The normalized spacial score (nSPS) is 15.1. The number of thiazole rings is 1. The van der Waals surface area contributed by atoms with E-state index in [1.807, 2.05) is 78.2 Å². The average Bonchev–Trinajstić information content (AvgIpc) is 3.58. The van der Waals surface area contributed by atoms with E-state index in [2.05, 4.69) is 11.9 Å². The zero-order valence-corrected chi connectivity index (χ0v) is 23.6. The lowest BCUT2D eigenvalue weighted by atomic mass is 9.96. The molecule has 0 saturated carbocycles. The van der Waals surface area contributed by atoms with Crippen LogP contribution in [0.15, 0.2) is 93.2 Å². The van der Waals surface area contributed by atoms with Crippen molar-refractivity contribution in [1.29, 1.82) is 0 Å². The maximum absolute atomic E-state index is 13.7. The third kappa shape index (κ3) is 6.13. The topological polar surface area (TPSA) is 69.9 Å². The summed E-state index contributed by atoms with van der Waals surface area (Å²) in [6.45, 7) is 4.75. The van der Waals surface area contributed by atoms with Crippen LogP contribution in [0.5, 0.6) is 5.75 Å². The Kier molecular flexibility index (Phi) is 8.54. The first-order valence-electron chi connectivity index (χ1n) is 13.0. The molecule has 2 aromatic heterocycles. The Balaban J connectivity index is 1.53. The molecule has 1 aliphatic rings. The quantitative estimate of drug-likeness (QED) is 0.187. The van der Waals surface area contributed by atoms with Gasteiger partial charge in [-0.2, -0.15) is 0 Å². The molecule has 39 heavy (non-hydrogen) atoms. The number of nitrogens with zero attached hydrogens (tertiary/aromatic N) is 2. The van der Waals surface area contributed by atoms with Gasteiger partial charge in [-0.15, -0.1) is 11.3 Å². The van der Waals surface area contributed by atoms with Crippen LogP contribution in [0.3, 0.4) is 0 Å². The van der Waals surface area contributed by atoms with Crippen molar-refractivity contribution >= 4 is 34.7 Å². The summed E-state index contributed by atoms with van der Waals surface area (Å²) in [4.78, 5) is 33.5. The molecule has 4 aromatic rings. The van der Waals surface area contributed by atoms with Crippen LogP contribution in [-0.2, 0) is 16.1 Å². The van der Waals surface area contributed by atoms with Gasteiger partial charge in [0.25, 0.3) is 5.56 Å². The van der Waals surface area contributed by atoms with Crippen LogP contribution in [0.25, 0.3) is 6.08 Å². The summed E-state index contributed by atoms with van der Waals surface area (Å²) in [7, 11) is 0. The van der Waals surface area contributed by atoms with E-state index < -0.39 is 12.0 Å². The summed E-state index contributed by atoms with van der Waals surface area (Å²) in [5, 5.41) is 1.97. The minimum atomic E-state index is -0.663. The number of hydrogen-bond acceptors (Lipinski definition) is 7. The number of esters is 1. The van der Waals surface area contributed by atoms with Crippen molar-refractivity contribution in [2.75, 3.05) is 6.61 Å². The van der Waals surface area contributed by atoms with Gasteiger partial charge in [-0.1, -0.05) is 79.6 Å². The minimum Gasteiger partial charge on any atom is -0.494 e. The van der Waals surface area contributed by atoms with Crippen molar-refractivity contribution in [3.8, 4) is 5.75 Å². The fraction of sp³-hybridized carbons (Fsp3) is 0.258. The predicted molar refractivity (Wildman–Crippen MR) is 156 cm³/mol. The monoisotopic (exact) mass is 558 g/mol. The van der Waals surface area contributed by atoms with Gasteiger partial charge in [-0.05, 0) is 54.1 Å². The Bertz CT molecular complexity index is 1630. The van der Waals surface area contributed by atoms with Gasteiger partial charge >= 0.3 is 5.97 Å². The van der Waals surface area contributed by atoms with Gasteiger partial charge < -0.3 is 9.47 Å². The number of hydrogen-bond donors (Lipinski definition) is 0. The highest BCUT2D eigenvalue weighted by Crippen LogP contribution is 2.32.